The lowest BCUT2D eigenvalue weighted by atomic mass is 10.1. The van der Waals surface area contributed by atoms with Crippen molar-refractivity contribution in [2.75, 3.05) is 0 Å². The molecule has 1 aromatic carbocycles. The van der Waals surface area contributed by atoms with Gasteiger partial charge in [0.25, 0.3) is 5.91 Å². The predicted molar refractivity (Wildman–Crippen MR) is 62.7 cm³/mol. The van der Waals surface area contributed by atoms with Crippen molar-refractivity contribution in [3.8, 4) is 0 Å². The maximum Gasteiger partial charge on any atom is 0.254 e. The molecule has 1 rings (SSSR count). The molecule has 0 aliphatic rings. The standard InChI is InChI=1S/C13H15F4NO/c1-3-5-7(4-2)18-13(19)8-6-9(14)11(16)12(17)10(8)15/h6-7H,3-5H2,1-2H3,(H,18,19). The van der Waals surface area contributed by atoms with Gasteiger partial charge in [-0.15, -0.1) is 0 Å². The van der Waals surface area contributed by atoms with Gasteiger partial charge in [0.2, 0.25) is 0 Å². The molecule has 0 spiro atoms. The van der Waals surface area contributed by atoms with Crippen LogP contribution in [0.15, 0.2) is 6.07 Å². The van der Waals surface area contributed by atoms with Crippen LogP contribution < -0.4 is 5.32 Å². The van der Waals surface area contributed by atoms with E-state index in [1.54, 1.807) is 0 Å². The van der Waals surface area contributed by atoms with Crippen molar-refractivity contribution in [3.63, 3.8) is 0 Å². The smallest absolute Gasteiger partial charge is 0.254 e. The third kappa shape index (κ3) is 3.45. The van der Waals surface area contributed by atoms with E-state index in [-0.39, 0.29) is 6.04 Å². The molecule has 6 heteroatoms. The second kappa shape index (κ2) is 6.54. The summed E-state index contributed by atoms with van der Waals surface area (Å²) in [6.07, 6.45) is 2.07. The number of hydrogen-bond acceptors (Lipinski definition) is 1. The normalized spacial score (nSPS) is 12.3. The van der Waals surface area contributed by atoms with Crippen LogP contribution in [0.5, 0.6) is 0 Å². The highest BCUT2D eigenvalue weighted by molar-refractivity contribution is 5.94. The summed E-state index contributed by atoms with van der Waals surface area (Å²) in [6.45, 7) is 3.73. The van der Waals surface area contributed by atoms with Crippen LogP contribution >= 0.6 is 0 Å². The molecule has 19 heavy (non-hydrogen) atoms. The molecule has 0 saturated heterocycles. The fourth-order valence-corrected chi connectivity index (χ4v) is 1.73. The molecule has 0 heterocycles. The molecule has 1 amide bonds. The van der Waals surface area contributed by atoms with Gasteiger partial charge in [-0.05, 0) is 18.9 Å². The minimum atomic E-state index is -1.98. The van der Waals surface area contributed by atoms with Crippen LogP contribution in [-0.2, 0) is 0 Å². The Hall–Kier alpha value is -1.59. The average Bonchev–Trinajstić information content (AvgIpc) is 2.39. The lowest BCUT2D eigenvalue weighted by molar-refractivity contribution is 0.0927. The molecule has 0 bridgehead atoms. The Kier molecular flexibility index (Phi) is 5.32. The number of carbonyl (C=O) groups excluding carboxylic acids is 1. The van der Waals surface area contributed by atoms with Crippen LogP contribution in [0.25, 0.3) is 0 Å². The lowest BCUT2D eigenvalue weighted by Gasteiger charge is -2.16. The van der Waals surface area contributed by atoms with E-state index in [4.69, 9.17) is 0 Å². The number of benzene rings is 1. The Labute approximate surface area is 108 Å². The highest BCUT2D eigenvalue weighted by Gasteiger charge is 2.23. The minimum Gasteiger partial charge on any atom is -0.349 e. The first-order valence-electron chi connectivity index (χ1n) is 6.06. The largest absolute Gasteiger partial charge is 0.349 e. The molecule has 1 aromatic rings. The van der Waals surface area contributed by atoms with Crippen LogP contribution in [0.1, 0.15) is 43.5 Å². The summed E-state index contributed by atoms with van der Waals surface area (Å²) in [6, 6.07) is 0.148. The van der Waals surface area contributed by atoms with E-state index in [2.05, 4.69) is 5.32 Å². The average molecular weight is 277 g/mol. The first-order chi connectivity index (χ1) is 8.92. The van der Waals surface area contributed by atoms with Gasteiger partial charge in [-0.25, -0.2) is 17.6 Å². The highest BCUT2D eigenvalue weighted by atomic mass is 19.2. The number of hydrogen-bond donors (Lipinski definition) is 1. The third-order valence-corrected chi connectivity index (χ3v) is 2.81. The van der Waals surface area contributed by atoms with Gasteiger partial charge in [-0.1, -0.05) is 20.3 Å². The SMILES string of the molecule is CCCC(CC)NC(=O)c1cc(F)c(F)c(F)c1F. The lowest BCUT2D eigenvalue weighted by Crippen LogP contribution is -2.35. The van der Waals surface area contributed by atoms with Crippen LogP contribution in [0.2, 0.25) is 0 Å². The van der Waals surface area contributed by atoms with Crippen LogP contribution in [-0.4, -0.2) is 11.9 Å². The van der Waals surface area contributed by atoms with Gasteiger partial charge < -0.3 is 5.32 Å². The summed E-state index contributed by atoms with van der Waals surface area (Å²) >= 11 is 0. The zero-order valence-electron chi connectivity index (χ0n) is 10.7. The molecular weight excluding hydrogens is 262 g/mol. The van der Waals surface area contributed by atoms with Gasteiger partial charge in [0, 0.05) is 6.04 Å². The van der Waals surface area contributed by atoms with Crippen molar-refractivity contribution in [1.29, 1.82) is 0 Å². The Morgan fingerprint density at radius 2 is 1.79 bits per heavy atom. The van der Waals surface area contributed by atoms with Crippen molar-refractivity contribution in [1.82, 2.24) is 5.32 Å². The molecule has 0 saturated carbocycles. The van der Waals surface area contributed by atoms with E-state index in [1.165, 1.54) is 0 Å². The fraction of sp³-hybridized carbons (Fsp3) is 0.462. The molecule has 0 radical (unpaired) electrons. The second-order valence-corrected chi connectivity index (χ2v) is 4.22. The Balaban J connectivity index is 3.00. The molecule has 106 valence electrons. The van der Waals surface area contributed by atoms with Gasteiger partial charge in [0.1, 0.15) is 0 Å². The highest BCUT2D eigenvalue weighted by Crippen LogP contribution is 2.19. The van der Waals surface area contributed by atoms with E-state index >= 15 is 0 Å². The molecule has 0 aliphatic heterocycles. The molecule has 1 N–H and O–H groups in total. The second-order valence-electron chi connectivity index (χ2n) is 4.22. The quantitative estimate of drug-likeness (QED) is 0.498. The van der Waals surface area contributed by atoms with Gasteiger partial charge in [-0.3, -0.25) is 4.79 Å². The van der Waals surface area contributed by atoms with Crippen LogP contribution in [0.4, 0.5) is 17.6 Å². The zero-order valence-corrected chi connectivity index (χ0v) is 10.7. The van der Waals surface area contributed by atoms with Crippen LogP contribution in [0, 0.1) is 23.3 Å². The van der Waals surface area contributed by atoms with Crippen molar-refractivity contribution in [3.05, 3.63) is 34.9 Å². The van der Waals surface area contributed by atoms with Crippen molar-refractivity contribution < 1.29 is 22.4 Å². The van der Waals surface area contributed by atoms with Crippen molar-refractivity contribution >= 4 is 5.91 Å². The fourth-order valence-electron chi connectivity index (χ4n) is 1.73. The van der Waals surface area contributed by atoms with Crippen LogP contribution in [0.3, 0.4) is 0 Å². The number of carbonyl (C=O) groups is 1. The minimum absolute atomic E-state index is 0.215. The maximum atomic E-state index is 13.4. The topological polar surface area (TPSA) is 29.1 Å². The molecule has 1 atom stereocenters. The van der Waals surface area contributed by atoms with E-state index in [0.29, 0.717) is 18.9 Å². The number of nitrogens with one attached hydrogen (secondary N) is 1. The monoisotopic (exact) mass is 277 g/mol. The Bertz CT molecular complexity index is 476. The number of halogens is 4. The van der Waals surface area contributed by atoms with Gasteiger partial charge in [-0.2, -0.15) is 0 Å². The molecule has 0 aliphatic carbocycles. The van der Waals surface area contributed by atoms with E-state index in [9.17, 15) is 22.4 Å². The van der Waals surface area contributed by atoms with Crippen molar-refractivity contribution in [2.24, 2.45) is 0 Å². The molecular formula is C13H15F4NO. The third-order valence-electron chi connectivity index (χ3n) is 2.81. The van der Waals surface area contributed by atoms with Gasteiger partial charge in [0.15, 0.2) is 23.3 Å². The van der Waals surface area contributed by atoms with Gasteiger partial charge >= 0.3 is 0 Å². The molecule has 2 nitrogen and oxygen atoms in total. The van der Waals surface area contributed by atoms with Gasteiger partial charge in [0.05, 0.1) is 5.56 Å². The predicted octanol–water partition coefficient (Wildman–Crippen LogP) is 3.55. The summed E-state index contributed by atoms with van der Waals surface area (Å²) in [5.41, 5.74) is -0.828. The van der Waals surface area contributed by atoms with E-state index in [1.807, 2.05) is 13.8 Å². The first-order valence-corrected chi connectivity index (χ1v) is 6.06. The molecule has 0 fully saturated rings. The Morgan fingerprint density at radius 3 is 2.32 bits per heavy atom. The molecule has 0 aromatic heterocycles. The summed E-state index contributed by atoms with van der Waals surface area (Å²) in [4.78, 5) is 11.7. The summed E-state index contributed by atoms with van der Waals surface area (Å²) < 4.78 is 52.1. The molecule has 1 unspecified atom stereocenters. The summed E-state index contributed by atoms with van der Waals surface area (Å²) in [5.74, 6) is -8.12. The summed E-state index contributed by atoms with van der Waals surface area (Å²) in [5, 5.41) is 2.46. The Morgan fingerprint density at radius 1 is 1.16 bits per heavy atom. The van der Waals surface area contributed by atoms with Crippen molar-refractivity contribution in [2.45, 2.75) is 39.2 Å². The maximum absolute atomic E-state index is 13.4. The number of amides is 1. The zero-order chi connectivity index (χ0) is 14.6. The van der Waals surface area contributed by atoms with E-state index < -0.39 is 34.7 Å². The first kappa shape index (κ1) is 15.5. The van der Waals surface area contributed by atoms with E-state index in [0.717, 1.165) is 6.42 Å². The number of rotatable bonds is 5. The summed E-state index contributed by atoms with van der Waals surface area (Å²) in [7, 11) is 0.